The second-order valence-corrected chi connectivity index (χ2v) is 7.36. The molecule has 1 heterocycles. The van der Waals surface area contributed by atoms with Crippen molar-refractivity contribution in [1.82, 2.24) is 4.98 Å². The van der Waals surface area contributed by atoms with Crippen molar-refractivity contribution in [3.63, 3.8) is 0 Å². The third-order valence-electron chi connectivity index (χ3n) is 4.91. The van der Waals surface area contributed by atoms with Gasteiger partial charge in [0.2, 0.25) is 0 Å². The molecule has 0 saturated heterocycles. The number of nitrogen functional groups attached to an aromatic ring is 2. The molecule has 1 amide bonds. The number of aromatic nitrogens is 1. The number of nitrogens with zero attached hydrogens (tertiary/aromatic N) is 1. The number of nitrogens with one attached hydrogen (secondary N) is 1. The highest BCUT2D eigenvalue weighted by atomic mass is 16.5. The number of carbonyl (C=O) groups is 1. The molecule has 6 heteroatoms. The highest BCUT2D eigenvalue weighted by molar-refractivity contribution is 6.04. The molecule has 1 aromatic heterocycles. The van der Waals surface area contributed by atoms with Gasteiger partial charge in [-0.3, -0.25) is 4.79 Å². The van der Waals surface area contributed by atoms with Crippen LogP contribution >= 0.6 is 0 Å². The minimum absolute atomic E-state index is 0.187. The molecule has 0 atom stereocenters. The molecular formula is C23H24N4O2. The van der Waals surface area contributed by atoms with Crippen molar-refractivity contribution < 1.29 is 9.53 Å². The molecule has 1 fully saturated rings. The Morgan fingerprint density at radius 2 is 1.86 bits per heavy atom. The Labute approximate surface area is 169 Å². The van der Waals surface area contributed by atoms with E-state index in [1.54, 1.807) is 24.3 Å². The molecule has 6 nitrogen and oxygen atoms in total. The van der Waals surface area contributed by atoms with Crippen LogP contribution in [0.4, 0.5) is 17.2 Å². The number of carbonyl (C=O) groups excluding carboxylic acids is 1. The molecule has 3 aromatic rings. The molecule has 0 bridgehead atoms. The van der Waals surface area contributed by atoms with Crippen LogP contribution in [0.3, 0.4) is 0 Å². The van der Waals surface area contributed by atoms with Crippen molar-refractivity contribution in [2.75, 3.05) is 23.4 Å². The monoisotopic (exact) mass is 388 g/mol. The lowest BCUT2D eigenvalue weighted by Crippen LogP contribution is -2.12. The molecule has 0 radical (unpaired) electrons. The summed E-state index contributed by atoms with van der Waals surface area (Å²) >= 11 is 0. The standard InChI is InChI=1S/C23H24N4O2/c24-20-10-11-21(27-22(20)25)17-2-1-3-18(12-17)23(28)26-19-8-6-16(7-9-19)14-29-13-15-4-5-15/h1-3,6-12,15H,4-5,13-14,24H2,(H2,25,27)(H,26,28). The lowest BCUT2D eigenvalue weighted by molar-refractivity contribution is 0.102. The topological polar surface area (TPSA) is 103 Å². The van der Waals surface area contributed by atoms with Crippen molar-refractivity contribution in [1.29, 1.82) is 0 Å². The summed E-state index contributed by atoms with van der Waals surface area (Å²) in [4.78, 5) is 16.9. The maximum Gasteiger partial charge on any atom is 0.255 e. The van der Waals surface area contributed by atoms with Gasteiger partial charge in [0, 0.05) is 23.4 Å². The zero-order valence-electron chi connectivity index (χ0n) is 16.1. The molecule has 0 aliphatic heterocycles. The number of rotatable bonds is 7. The van der Waals surface area contributed by atoms with Crippen molar-refractivity contribution >= 4 is 23.1 Å². The van der Waals surface area contributed by atoms with E-state index in [4.69, 9.17) is 16.2 Å². The van der Waals surface area contributed by atoms with Gasteiger partial charge < -0.3 is 21.5 Å². The SMILES string of the molecule is Nc1ccc(-c2cccc(C(=O)Nc3ccc(COCC4CC4)cc3)c2)nc1N. The van der Waals surface area contributed by atoms with E-state index in [1.165, 1.54) is 12.8 Å². The van der Waals surface area contributed by atoms with Gasteiger partial charge in [-0.25, -0.2) is 4.98 Å². The Kier molecular flexibility index (Phi) is 5.44. The van der Waals surface area contributed by atoms with E-state index < -0.39 is 0 Å². The number of ether oxygens (including phenoxy) is 1. The van der Waals surface area contributed by atoms with E-state index >= 15 is 0 Å². The summed E-state index contributed by atoms with van der Waals surface area (Å²) in [7, 11) is 0. The minimum Gasteiger partial charge on any atom is -0.396 e. The number of hydrogen-bond donors (Lipinski definition) is 3. The van der Waals surface area contributed by atoms with Gasteiger partial charge in [-0.05, 0) is 60.7 Å². The molecule has 29 heavy (non-hydrogen) atoms. The zero-order chi connectivity index (χ0) is 20.2. The number of anilines is 3. The van der Waals surface area contributed by atoms with Gasteiger partial charge in [-0.15, -0.1) is 0 Å². The zero-order valence-corrected chi connectivity index (χ0v) is 16.1. The number of pyridine rings is 1. The first-order valence-corrected chi connectivity index (χ1v) is 9.69. The van der Waals surface area contributed by atoms with Crippen LogP contribution in [0.2, 0.25) is 0 Å². The lowest BCUT2D eigenvalue weighted by atomic mass is 10.1. The molecule has 2 aromatic carbocycles. The fourth-order valence-electron chi connectivity index (χ4n) is 2.98. The van der Waals surface area contributed by atoms with Gasteiger partial charge in [0.1, 0.15) is 5.82 Å². The Balaban J connectivity index is 1.40. The first-order valence-electron chi connectivity index (χ1n) is 9.69. The minimum atomic E-state index is -0.187. The van der Waals surface area contributed by atoms with Crippen LogP contribution in [0, 0.1) is 5.92 Å². The lowest BCUT2D eigenvalue weighted by Gasteiger charge is -2.09. The Morgan fingerprint density at radius 1 is 1.07 bits per heavy atom. The second-order valence-electron chi connectivity index (χ2n) is 7.36. The highest BCUT2D eigenvalue weighted by Crippen LogP contribution is 2.29. The number of amides is 1. The second kappa shape index (κ2) is 8.32. The van der Waals surface area contributed by atoms with E-state index in [1.807, 2.05) is 36.4 Å². The normalized spacial score (nSPS) is 13.2. The fraction of sp³-hybridized carbons (Fsp3) is 0.217. The third-order valence-corrected chi connectivity index (χ3v) is 4.91. The molecule has 1 saturated carbocycles. The average Bonchev–Trinajstić information content (AvgIpc) is 3.56. The van der Waals surface area contributed by atoms with E-state index in [2.05, 4.69) is 10.3 Å². The van der Waals surface area contributed by atoms with Crippen molar-refractivity contribution in [3.8, 4) is 11.3 Å². The smallest absolute Gasteiger partial charge is 0.255 e. The van der Waals surface area contributed by atoms with Crippen LogP contribution in [0.25, 0.3) is 11.3 Å². The molecule has 1 aliphatic rings. The van der Waals surface area contributed by atoms with Crippen molar-refractivity contribution in [3.05, 3.63) is 71.8 Å². The summed E-state index contributed by atoms with van der Waals surface area (Å²) in [6.45, 7) is 1.44. The summed E-state index contributed by atoms with van der Waals surface area (Å²) in [5, 5.41) is 2.92. The van der Waals surface area contributed by atoms with E-state index in [0.717, 1.165) is 29.3 Å². The van der Waals surface area contributed by atoms with Crippen LogP contribution in [-0.2, 0) is 11.3 Å². The number of nitrogens with two attached hydrogens (primary N) is 2. The van der Waals surface area contributed by atoms with Crippen LogP contribution in [0.15, 0.2) is 60.7 Å². The first-order chi connectivity index (χ1) is 14.1. The van der Waals surface area contributed by atoms with E-state index in [9.17, 15) is 4.79 Å². The third kappa shape index (κ3) is 4.92. The van der Waals surface area contributed by atoms with Crippen LogP contribution in [0.5, 0.6) is 0 Å². The van der Waals surface area contributed by atoms with E-state index in [-0.39, 0.29) is 11.7 Å². The van der Waals surface area contributed by atoms with Crippen LogP contribution in [-0.4, -0.2) is 17.5 Å². The Hall–Kier alpha value is -3.38. The Bertz CT molecular complexity index is 1010. The molecule has 1 aliphatic carbocycles. The maximum absolute atomic E-state index is 12.7. The molecule has 0 spiro atoms. The largest absolute Gasteiger partial charge is 0.396 e. The quantitative estimate of drug-likeness (QED) is 0.565. The van der Waals surface area contributed by atoms with Gasteiger partial charge in [0.05, 0.1) is 18.0 Å². The van der Waals surface area contributed by atoms with Crippen LogP contribution in [0.1, 0.15) is 28.8 Å². The summed E-state index contributed by atoms with van der Waals surface area (Å²) in [5.74, 6) is 0.843. The predicted molar refractivity (Wildman–Crippen MR) is 115 cm³/mol. The van der Waals surface area contributed by atoms with Crippen molar-refractivity contribution in [2.45, 2.75) is 19.4 Å². The van der Waals surface area contributed by atoms with Gasteiger partial charge in [0.25, 0.3) is 5.91 Å². The molecule has 5 N–H and O–H groups in total. The molecule has 148 valence electrons. The maximum atomic E-state index is 12.7. The fourth-order valence-corrected chi connectivity index (χ4v) is 2.98. The van der Waals surface area contributed by atoms with Gasteiger partial charge >= 0.3 is 0 Å². The van der Waals surface area contributed by atoms with Crippen LogP contribution < -0.4 is 16.8 Å². The van der Waals surface area contributed by atoms with Gasteiger partial charge in [0.15, 0.2) is 0 Å². The molecular weight excluding hydrogens is 364 g/mol. The predicted octanol–water partition coefficient (Wildman–Crippen LogP) is 4.09. The summed E-state index contributed by atoms with van der Waals surface area (Å²) in [6, 6.07) is 18.5. The molecule has 0 unspecified atom stereocenters. The summed E-state index contributed by atoms with van der Waals surface area (Å²) in [5.41, 5.74) is 15.8. The number of benzene rings is 2. The summed E-state index contributed by atoms with van der Waals surface area (Å²) in [6.07, 6.45) is 2.57. The van der Waals surface area contributed by atoms with Gasteiger partial charge in [-0.2, -0.15) is 0 Å². The first kappa shape index (κ1) is 19.0. The molecule has 4 rings (SSSR count). The van der Waals surface area contributed by atoms with Gasteiger partial charge in [-0.1, -0.05) is 24.3 Å². The average molecular weight is 388 g/mol. The highest BCUT2D eigenvalue weighted by Gasteiger charge is 2.21. The Morgan fingerprint density at radius 3 is 2.59 bits per heavy atom. The van der Waals surface area contributed by atoms with Crippen molar-refractivity contribution in [2.24, 2.45) is 5.92 Å². The van der Waals surface area contributed by atoms with E-state index in [0.29, 0.717) is 23.6 Å². The number of hydrogen-bond acceptors (Lipinski definition) is 5. The summed E-state index contributed by atoms with van der Waals surface area (Å²) < 4.78 is 5.69.